The SMILES string of the molecule is COc1ccc(OC)c(C2CC(c3ccc(O)cc3)=NC2C(=O)Cc2ccccc2)c1. The summed E-state index contributed by atoms with van der Waals surface area (Å²) in [4.78, 5) is 18.2. The second-order valence-electron chi connectivity index (χ2n) is 7.61. The molecule has 31 heavy (non-hydrogen) atoms. The predicted octanol–water partition coefficient (Wildman–Crippen LogP) is 4.57. The molecule has 5 nitrogen and oxygen atoms in total. The number of Topliss-reactive ketones (excluding diaryl/α,β-unsaturated/α-hetero) is 1. The van der Waals surface area contributed by atoms with Crippen molar-refractivity contribution in [2.24, 2.45) is 4.99 Å². The Balaban J connectivity index is 1.72. The van der Waals surface area contributed by atoms with Crippen LogP contribution in [0.25, 0.3) is 0 Å². The number of ether oxygens (including phenoxy) is 2. The number of benzene rings is 3. The maximum atomic E-state index is 13.4. The van der Waals surface area contributed by atoms with E-state index in [1.807, 2.05) is 60.7 Å². The van der Waals surface area contributed by atoms with Crippen LogP contribution in [0.5, 0.6) is 17.2 Å². The number of phenols is 1. The van der Waals surface area contributed by atoms with Crippen LogP contribution < -0.4 is 9.47 Å². The minimum Gasteiger partial charge on any atom is -0.508 e. The number of aromatic hydroxyl groups is 1. The van der Waals surface area contributed by atoms with Gasteiger partial charge >= 0.3 is 0 Å². The molecule has 0 aliphatic carbocycles. The second-order valence-corrected chi connectivity index (χ2v) is 7.61. The summed E-state index contributed by atoms with van der Waals surface area (Å²) in [7, 11) is 3.25. The van der Waals surface area contributed by atoms with E-state index >= 15 is 0 Å². The summed E-state index contributed by atoms with van der Waals surface area (Å²) in [5, 5.41) is 9.64. The van der Waals surface area contributed by atoms with Crippen LogP contribution in [0.2, 0.25) is 0 Å². The third-order valence-corrected chi connectivity index (χ3v) is 5.68. The number of hydrogen-bond donors (Lipinski definition) is 1. The minimum atomic E-state index is -0.523. The van der Waals surface area contributed by atoms with Crippen LogP contribution in [-0.4, -0.2) is 36.9 Å². The Labute approximate surface area is 182 Å². The van der Waals surface area contributed by atoms with Crippen molar-refractivity contribution in [1.82, 2.24) is 0 Å². The summed E-state index contributed by atoms with van der Waals surface area (Å²) in [5.74, 6) is 1.53. The van der Waals surface area contributed by atoms with Crippen LogP contribution in [0, 0.1) is 0 Å². The molecule has 3 aromatic carbocycles. The number of carbonyl (C=O) groups is 1. The van der Waals surface area contributed by atoms with E-state index in [0.717, 1.165) is 22.4 Å². The van der Waals surface area contributed by atoms with Crippen molar-refractivity contribution >= 4 is 11.5 Å². The average Bonchev–Trinajstić information content (AvgIpc) is 3.25. The van der Waals surface area contributed by atoms with Gasteiger partial charge in [0.05, 0.1) is 14.2 Å². The molecule has 0 fully saturated rings. The fourth-order valence-electron chi connectivity index (χ4n) is 4.08. The molecule has 0 radical (unpaired) electrons. The number of ketones is 1. The summed E-state index contributed by atoms with van der Waals surface area (Å²) in [5.41, 5.74) is 3.63. The zero-order valence-electron chi connectivity index (χ0n) is 17.6. The van der Waals surface area contributed by atoms with Gasteiger partial charge in [-0.05, 0) is 60.0 Å². The molecule has 1 aliphatic rings. The third-order valence-electron chi connectivity index (χ3n) is 5.68. The van der Waals surface area contributed by atoms with E-state index in [9.17, 15) is 9.90 Å². The highest BCUT2D eigenvalue weighted by atomic mass is 16.5. The highest BCUT2D eigenvalue weighted by molar-refractivity contribution is 6.05. The highest BCUT2D eigenvalue weighted by Crippen LogP contribution is 2.40. The van der Waals surface area contributed by atoms with E-state index in [1.165, 1.54) is 0 Å². The van der Waals surface area contributed by atoms with E-state index in [1.54, 1.807) is 26.4 Å². The van der Waals surface area contributed by atoms with E-state index in [-0.39, 0.29) is 17.5 Å². The van der Waals surface area contributed by atoms with Gasteiger partial charge in [-0.1, -0.05) is 30.3 Å². The van der Waals surface area contributed by atoms with E-state index in [0.29, 0.717) is 24.3 Å². The Morgan fingerprint density at radius 3 is 2.42 bits per heavy atom. The summed E-state index contributed by atoms with van der Waals surface area (Å²) in [6, 6.07) is 21.8. The first kappa shape index (κ1) is 20.7. The number of nitrogens with zero attached hydrogens (tertiary/aromatic N) is 1. The smallest absolute Gasteiger partial charge is 0.162 e. The van der Waals surface area contributed by atoms with E-state index < -0.39 is 6.04 Å². The lowest BCUT2D eigenvalue weighted by Gasteiger charge is -2.21. The van der Waals surface area contributed by atoms with Crippen molar-refractivity contribution in [3.63, 3.8) is 0 Å². The molecule has 1 N–H and O–H groups in total. The quantitative estimate of drug-likeness (QED) is 0.614. The van der Waals surface area contributed by atoms with Gasteiger partial charge in [0.1, 0.15) is 23.3 Å². The van der Waals surface area contributed by atoms with Crippen LogP contribution in [-0.2, 0) is 11.2 Å². The molecule has 0 saturated carbocycles. The van der Waals surface area contributed by atoms with Gasteiger partial charge < -0.3 is 14.6 Å². The highest BCUT2D eigenvalue weighted by Gasteiger charge is 2.37. The van der Waals surface area contributed by atoms with Gasteiger partial charge in [-0.15, -0.1) is 0 Å². The zero-order valence-corrected chi connectivity index (χ0v) is 17.6. The van der Waals surface area contributed by atoms with Crippen molar-refractivity contribution in [2.45, 2.75) is 24.8 Å². The lowest BCUT2D eigenvalue weighted by molar-refractivity contribution is -0.119. The molecule has 0 aromatic heterocycles. The van der Waals surface area contributed by atoms with Gasteiger partial charge in [0, 0.05) is 23.6 Å². The van der Waals surface area contributed by atoms with Crippen LogP contribution in [0.15, 0.2) is 77.8 Å². The van der Waals surface area contributed by atoms with E-state index in [2.05, 4.69) is 0 Å². The fourth-order valence-corrected chi connectivity index (χ4v) is 4.08. The van der Waals surface area contributed by atoms with Crippen LogP contribution in [0.3, 0.4) is 0 Å². The first-order chi connectivity index (χ1) is 15.1. The maximum absolute atomic E-state index is 13.4. The number of carbonyl (C=O) groups excluding carboxylic acids is 1. The maximum Gasteiger partial charge on any atom is 0.162 e. The van der Waals surface area contributed by atoms with Gasteiger partial charge in [-0.2, -0.15) is 0 Å². The molecule has 2 unspecified atom stereocenters. The molecule has 158 valence electrons. The summed E-state index contributed by atoms with van der Waals surface area (Å²) in [6.45, 7) is 0. The van der Waals surface area contributed by atoms with Crippen molar-refractivity contribution in [3.05, 3.63) is 89.5 Å². The Morgan fingerprint density at radius 2 is 1.74 bits per heavy atom. The molecule has 5 heteroatoms. The largest absolute Gasteiger partial charge is 0.508 e. The zero-order chi connectivity index (χ0) is 21.8. The Hall–Kier alpha value is -3.60. The van der Waals surface area contributed by atoms with Crippen LogP contribution >= 0.6 is 0 Å². The van der Waals surface area contributed by atoms with Crippen molar-refractivity contribution < 1.29 is 19.4 Å². The normalized spacial score (nSPS) is 17.8. The van der Waals surface area contributed by atoms with Gasteiger partial charge in [-0.25, -0.2) is 0 Å². The molecule has 4 rings (SSSR count). The van der Waals surface area contributed by atoms with Crippen LogP contribution in [0.4, 0.5) is 0 Å². The molecular weight excluding hydrogens is 390 g/mol. The number of aliphatic imine (C=N–C) groups is 1. The Bertz CT molecular complexity index is 1090. The van der Waals surface area contributed by atoms with Gasteiger partial charge in [0.25, 0.3) is 0 Å². The number of hydrogen-bond acceptors (Lipinski definition) is 5. The number of phenolic OH excluding ortho intramolecular Hbond substituents is 1. The summed E-state index contributed by atoms with van der Waals surface area (Å²) >= 11 is 0. The predicted molar refractivity (Wildman–Crippen MR) is 120 cm³/mol. The van der Waals surface area contributed by atoms with Crippen molar-refractivity contribution in [2.75, 3.05) is 14.2 Å². The molecule has 0 saturated heterocycles. The molecule has 0 spiro atoms. The molecule has 2 atom stereocenters. The summed E-state index contributed by atoms with van der Waals surface area (Å²) < 4.78 is 11.0. The monoisotopic (exact) mass is 415 g/mol. The number of methoxy groups -OCH3 is 2. The molecule has 1 aliphatic heterocycles. The molecule has 1 heterocycles. The van der Waals surface area contributed by atoms with Crippen LogP contribution in [0.1, 0.15) is 29.0 Å². The lowest BCUT2D eigenvalue weighted by atomic mass is 9.85. The van der Waals surface area contributed by atoms with Gasteiger partial charge in [0.2, 0.25) is 0 Å². The van der Waals surface area contributed by atoms with Gasteiger partial charge in [0.15, 0.2) is 5.78 Å². The summed E-state index contributed by atoms with van der Waals surface area (Å²) in [6.07, 6.45) is 0.917. The lowest BCUT2D eigenvalue weighted by Crippen LogP contribution is -2.25. The Kier molecular flexibility index (Phi) is 6.03. The second kappa shape index (κ2) is 9.04. The minimum absolute atomic E-state index is 0.0647. The van der Waals surface area contributed by atoms with Crippen molar-refractivity contribution in [3.8, 4) is 17.2 Å². The first-order valence-corrected chi connectivity index (χ1v) is 10.2. The molecule has 0 bridgehead atoms. The standard InChI is InChI=1S/C26H25NO4/c1-30-20-12-13-25(31-2)21(15-20)22-16-23(18-8-10-19(28)11-9-18)27-26(22)24(29)14-17-6-4-3-5-7-17/h3-13,15,22,26,28H,14,16H2,1-2H3. The van der Waals surface area contributed by atoms with Crippen molar-refractivity contribution in [1.29, 1.82) is 0 Å². The van der Waals surface area contributed by atoms with Gasteiger partial charge in [-0.3, -0.25) is 9.79 Å². The molecular formula is C26H25NO4. The van der Waals surface area contributed by atoms with E-state index in [4.69, 9.17) is 14.5 Å². The third kappa shape index (κ3) is 4.45. The Morgan fingerprint density at radius 1 is 1.00 bits per heavy atom. The molecule has 3 aromatic rings. The average molecular weight is 415 g/mol. The molecule has 0 amide bonds. The number of rotatable bonds is 7. The topological polar surface area (TPSA) is 68.1 Å². The fraction of sp³-hybridized carbons (Fsp3) is 0.231. The first-order valence-electron chi connectivity index (χ1n) is 10.2.